The van der Waals surface area contributed by atoms with Crippen LogP contribution in [0.2, 0.25) is 0 Å². The normalized spacial score (nSPS) is 15.4. The molecule has 0 amide bonds. The quantitative estimate of drug-likeness (QED) is 0.649. The minimum Gasteiger partial charge on any atom is -0.264 e. The molecule has 0 bridgehead atoms. The first-order chi connectivity index (χ1) is 8.43. The second-order valence-corrected chi connectivity index (χ2v) is 5.46. The minimum absolute atomic E-state index is 0.379. The molecule has 3 heterocycles. The van der Waals surface area contributed by atoms with E-state index in [4.69, 9.17) is 0 Å². The van der Waals surface area contributed by atoms with Gasteiger partial charge in [-0.3, -0.25) is 4.98 Å². The van der Waals surface area contributed by atoms with Crippen molar-refractivity contribution in [1.82, 2.24) is 15.0 Å². The zero-order valence-electron chi connectivity index (χ0n) is 9.06. The maximum atomic E-state index is 4.34. The van der Waals surface area contributed by atoms with Gasteiger partial charge >= 0.3 is 0 Å². The van der Waals surface area contributed by atoms with Gasteiger partial charge < -0.3 is 0 Å². The highest BCUT2D eigenvalue weighted by Crippen LogP contribution is 2.41. The molecule has 0 saturated carbocycles. The summed E-state index contributed by atoms with van der Waals surface area (Å²) in [5, 5.41) is 5.45. The Morgan fingerprint density at radius 1 is 1.06 bits per heavy atom. The topological polar surface area (TPSA) is 38.7 Å². The first-order valence-electron chi connectivity index (χ1n) is 5.29. The molecule has 0 N–H and O–H groups in total. The SMILES string of the molecule is C1=C[SH](c2cc(-c3cccnc3)ncn2)C=C1. The third kappa shape index (κ3) is 2.12. The van der Waals surface area contributed by atoms with Gasteiger partial charge in [-0.15, -0.1) is 0 Å². The highest BCUT2D eigenvalue weighted by Gasteiger charge is 2.07. The zero-order valence-corrected chi connectivity index (χ0v) is 9.96. The first kappa shape index (κ1) is 10.2. The van der Waals surface area contributed by atoms with Crippen LogP contribution in [0.25, 0.3) is 11.3 Å². The monoisotopic (exact) mass is 241 g/mol. The number of allylic oxidation sites excluding steroid dienone is 2. The Balaban J connectivity index is 2.00. The van der Waals surface area contributed by atoms with Gasteiger partial charge in [0.05, 0.1) is 10.7 Å². The van der Waals surface area contributed by atoms with Gasteiger partial charge in [0.2, 0.25) is 0 Å². The summed E-state index contributed by atoms with van der Waals surface area (Å²) in [5.74, 6) is 0. The molecule has 0 radical (unpaired) electrons. The Labute approximate surface area is 102 Å². The average molecular weight is 241 g/mol. The lowest BCUT2D eigenvalue weighted by Gasteiger charge is -2.09. The van der Waals surface area contributed by atoms with E-state index in [-0.39, 0.29) is 10.9 Å². The van der Waals surface area contributed by atoms with E-state index in [2.05, 4.69) is 37.9 Å². The van der Waals surface area contributed by atoms with Crippen molar-refractivity contribution in [2.24, 2.45) is 0 Å². The number of rotatable bonds is 2. The fraction of sp³-hybridized carbons (Fsp3) is 0. The molecule has 0 unspecified atom stereocenters. The van der Waals surface area contributed by atoms with Crippen molar-refractivity contribution in [3.05, 3.63) is 59.9 Å². The maximum Gasteiger partial charge on any atom is 0.117 e. The van der Waals surface area contributed by atoms with E-state index >= 15 is 0 Å². The van der Waals surface area contributed by atoms with Crippen LogP contribution in [0.3, 0.4) is 0 Å². The van der Waals surface area contributed by atoms with E-state index in [1.165, 1.54) is 0 Å². The van der Waals surface area contributed by atoms with E-state index in [9.17, 15) is 0 Å². The van der Waals surface area contributed by atoms with Crippen LogP contribution in [0, 0.1) is 0 Å². The van der Waals surface area contributed by atoms with Crippen LogP contribution in [-0.2, 0) is 0 Å². The summed E-state index contributed by atoms with van der Waals surface area (Å²) in [6.07, 6.45) is 9.34. The van der Waals surface area contributed by atoms with Crippen molar-refractivity contribution in [2.45, 2.75) is 5.03 Å². The van der Waals surface area contributed by atoms with Crippen LogP contribution >= 0.6 is 10.9 Å². The molecule has 3 nitrogen and oxygen atoms in total. The van der Waals surface area contributed by atoms with Gasteiger partial charge in [-0.2, -0.15) is 10.9 Å². The highest BCUT2D eigenvalue weighted by molar-refractivity contribution is 8.22. The molecular formula is C13H11N3S. The van der Waals surface area contributed by atoms with Crippen molar-refractivity contribution in [1.29, 1.82) is 0 Å². The van der Waals surface area contributed by atoms with Crippen molar-refractivity contribution in [2.75, 3.05) is 0 Å². The highest BCUT2D eigenvalue weighted by atomic mass is 32.2. The third-order valence-corrected chi connectivity index (χ3v) is 4.24. The Morgan fingerprint density at radius 3 is 2.71 bits per heavy atom. The summed E-state index contributed by atoms with van der Waals surface area (Å²) < 4.78 is 0. The van der Waals surface area contributed by atoms with Crippen molar-refractivity contribution >= 4 is 10.9 Å². The molecule has 0 saturated heterocycles. The summed E-state index contributed by atoms with van der Waals surface area (Å²) >= 11 is 0. The van der Waals surface area contributed by atoms with Crippen LogP contribution in [0.5, 0.6) is 0 Å². The second kappa shape index (κ2) is 4.51. The van der Waals surface area contributed by atoms with Crippen LogP contribution in [-0.4, -0.2) is 15.0 Å². The van der Waals surface area contributed by atoms with Gasteiger partial charge in [-0.25, -0.2) is 9.97 Å². The zero-order chi connectivity index (χ0) is 11.5. The number of hydrogen-bond acceptors (Lipinski definition) is 3. The molecule has 0 fully saturated rings. The summed E-state index contributed by atoms with van der Waals surface area (Å²) in [7, 11) is -0.379. The predicted molar refractivity (Wildman–Crippen MR) is 70.8 cm³/mol. The van der Waals surface area contributed by atoms with E-state index in [0.717, 1.165) is 16.3 Å². The number of aromatic nitrogens is 3. The molecule has 17 heavy (non-hydrogen) atoms. The molecule has 0 spiro atoms. The van der Waals surface area contributed by atoms with Gasteiger partial charge in [-0.1, -0.05) is 12.2 Å². The molecule has 84 valence electrons. The second-order valence-electron chi connectivity index (χ2n) is 3.59. The van der Waals surface area contributed by atoms with Gasteiger partial charge in [0.15, 0.2) is 0 Å². The van der Waals surface area contributed by atoms with E-state index < -0.39 is 0 Å². The van der Waals surface area contributed by atoms with Crippen LogP contribution < -0.4 is 0 Å². The van der Waals surface area contributed by atoms with E-state index in [1.807, 2.05) is 24.4 Å². The molecular weight excluding hydrogens is 230 g/mol. The number of hydrogen-bond donors (Lipinski definition) is 1. The summed E-state index contributed by atoms with van der Waals surface area (Å²) in [4.78, 5) is 12.7. The molecule has 0 aliphatic carbocycles. The van der Waals surface area contributed by atoms with Crippen LogP contribution in [0.4, 0.5) is 0 Å². The number of nitrogens with zero attached hydrogens (tertiary/aromatic N) is 3. The predicted octanol–water partition coefficient (Wildman–Crippen LogP) is 2.94. The molecule has 2 aromatic rings. The Hall–Kier alpha value is -1.94. The molecule has 2 aromatic heterocycles. The lowest BCUT2D eigenvalue weighted by atomic mass is 10.2. The van der Waals surface area contributed by atoms with Gasteiger partial charge in [0, 0.05) is 18.0 Å². The summed E-state index contributed by atoms with van der Waals surface area (Å²) in [6, 6.07) is 5.97. The van der Waals surface area contributed by atoms with Gasteiger partial charge in [-0.05, 0) is 29.0 Å². The van der Waals surface area contributed by atoms with Crippen molar-refractivity contribution < 1.29 is 0 Å². The molecule has 1 aliphatic heterocycles. The minimum atomic E-state index is -0.379. The first-order valence-corrected chi connectivity index (χ1v) is 6.77. The standard InChI is InChI=1S/C13H11N3S/c1-2-7-17(6-1)13-8-12(15-10-16-13)11-4-3-5-14-9-11/h1-10,17H. The molecule has 3 rings (SSSR count). The fourth-order valence-electron chi connectivity index (χ4n) is 1.65. The maximum absolute atomic E-state index is 4.34. The van der Waals surface area contributed by atoms with Crippen molar-refractivity contribution in [3.8, 4) is 11.3 Å². The Morgan fingerprint density at radius 2 is 1.94 bits per heavy atom. The molecule has 4 heteroatoms. The van der Waals surface area contributed by atoms with E-state index in [0.29, 0.717) is 0 Å². The summed E-state index contributed by atoms with van der Waals surface area (Å²) in [6.45, 7) is 0. The Bertz CT molecular complexity index is 566. The third-order valence-electron chi connectivity index (χ3n) is 2.48. The largest absolute Gasteiger partial charge is 0.264 e. The number of thiol groups is 1. The average Bonchev–Trinajstić information content (AvgIpc) is 2.94. The van der Waals surface area contributed by atoms with Gasteiger partial charge in [0.25, 0.3) is 0 Å². The smallest absolute Gasteiger partial charge is 0.117 e. The lowest BCUT2D eigenvalue weighted by molar-refractivity contribution is 1.05. The summed E-state index contributed by atoms with van der Waals surface area (Å²) in [5.41, 5.74) is 1.96. The van der Waals surface area contributed by atoms with E-state index in [1.54, 1.807) is 12.5 Å². The fourth-order valence-corrected chi connectivity index (χ4v) is 3.08. The van der Waals surface area contributed by atoms with Crippen LogP contribution in [0.15, 0.2) is 64.9 Å². The van der Waals surface area contributed by atoms with Gasteiger partial charge in [0.1, 0.15) is 6.33 Å². The Kier molecular flexibility index (Phi) is 2.71. The van der Waals surface area contributed by atoms with Crippen LogP contribution in [0.1, 0.15) is 0 Å². The number of pyridine rings is 1. The molecule has 1 aliphatic rings. The lowest BCUT2D eigenvalue weighted by Crippen LogP contribution is -1.89. The molecule has 0 aromatic carbocycles. The molecule has 0 atom stereocenters. The van der Waals surface area contributed by atoms with Crippen molar-refractivity contribution in [3.63, 3.8) is 0 Å².